The lowest BCUT2D eigenvalue weighted by Gasteiger charge is -2.37. The Kier molecular flexibility index (Phi) is 7.93. The van der Waals surface area contributed by atoms with Crippen molar-refractivity contribution < 1.29 is 13.7 Å². The first-order valence-electron chi connectivity index (χ1n) is 13.5. The molecular weight excluding hydrogens is 526 g/mol. The van der Waals surface area contributed by atoms with Crippen LogP contribution in [0.1, 0.15) is 69.3 Å². The Hall–Kier alpha value is -3.73. The summed E-state index contributed by atoms with van der Waals surface area (Å²) in [5, 5.41) is 3.26. The minimum Gasteiger partial charge on any atom is -0.480 e. The number of nitrogens with zero attached hydrogens (tertiary/aromatic N) is 6. The van der Waals surface area contributed by atoms with Crippen molar-refractivity contribution in [3.8, 4) is 5.88 Å². The van der Waals surface area contributed by atoms with E-state index in [1.54, 1.807) is 36.6 Å². The zero-order chi connectivity index (χ0) is 28.6. The number of carbonyl (C=O) groups is 1. The van der Waals surface area contributed by atoms with Gasteiger partial charge in [-0.15, -0.1) is 0 Å². The predicted octanol–water partition coefficient (Wildman–Crippen LogP) is 3.99. The zero-order valence-corrected chi connectivity index (χ0v) is 24.4. The highest BCUT2D eigenvalue weighted by molar-refractivity contribution is 7.84. The summed E-state index contributed by atoms with van der Waals surface area (Å²) in [5.41, 5.74) is 4.35. The van der Waals surface area contributed by atoms with Crippen molar-refractivity contribution in [2.45, 2.75) is 69.9 Å². The highest BCUT2D eigenvalue weighted by atomic mass is 32.2. The number of carbonyl (C=O) groups excluding carboxylic acids is 1. The van der Waals surface area contributed by atoms with Crippen LogP contribution in [0.15, 0.2) is 57.4 Å². The van der Waals surface area contributed by atoms with Crippen LogP contribution in [0.2, 0.25) is 0 Å². The SMILES string of the molecule is C=C(N=C1C(=C(C)C)NC(=NCc2ccc(S(C)=O)cn2)C(=O)N1[C@@H](C)C1CC1)c1c(OC)ncnc1C1CC1. The molecular formula is C29H35N7O3S. The van der Waals surface area contributed by atoms with E-state index in [9.17, 15) is 9.00 Å². The van der Waals surface area contributed by atoms with Gasteiger partial charge >= 0.3 is 0 Å². The summed E-state index contributed by atoms with van der Waals surface area (Å²) >= 11 is 0. The van der Waals surface area contributed by atoms with E-state index in [4.69, 9.17) is 9.73 Å². The van der Waals surface area contributed by atoms with Crippen molar-refractivity contribution in [3.05, 3.63) is 59.5 Å². The molecule has 1 N–H and O–H groups in total. The Bertz CT molecular complexity index is 1450. The summed E-state index contributed by atoms with van der Waals surface area (Å²) in [4.78, 5) is 39.2. The molecule has 0 radical (unpaired) electrons. The van der Waals surface area contributed by atoms with Gasteiger partial charge in [0.25, 0.3) is 5.91 Å². The molecule has 3 heterocycles. The smallest absolute Gasteiger partial charge is 0.295 e. The van der Waals surface area contributed by atoms with E-state index in [0.717, 1.165) is 37.0 Å². The number of pyridine rings is 1. The summed E-state index contributed by atoms with van der Waals surface area (Å²) in [7, 11) is 0.464. The number of methoxy groups -OCH3 is 1. The molecule has 11 heteroatoms. The monoisotopic (exact) mass is 561 g/mol. The predicted molar refractivity (Wildman–Crippen MR) is 155 cm³/mol. The molecule has 10 nitrogen and oxygen atoms in total. The van der Waals surface area contributed by atoms with Gasteiger partial charge in [-0.05, 0) is 70.1 Å². The van der Waals surface area contributed by atoms with Gasteiger partial charge in [0.05, 0.1) is 57.7 Å². The van der Waals surface area contributed by atoms with Gasteiger partial charge < -0.3 is 10.1 Å². The van der Waals surface area contributed by atoms with Crippen molar-refractivity contribution in [2.75, 3.05) is 13.4 Å². The molecule has 2 aromatic heterocycles. The molecule has 3 fully saturated rings. The lowest BCUT2D eigenvalue weighted by molar-refractivity contribution is -0.122. The summed E-state index contributed by atoms with van der Waals surface area (Å²) < 4.78 is 17.3. The number of piperazine rings is 1. The van der Waals surface area contributed by atoms with E-state index >= 15 is 0 Å². The van der Waals surface area contributed by atoms with Gasteiger partial charge in [-0.1, -0.05) is 6.58 Å². The highest BCUT2D eigenvalue weighted by Gasteiger charge is 2.42. The van der Waals surface area contributed by atoms with Gasteiger partial charge in [0.15, 0.2) is 11.7 Å². The van der Waals surface area contributed by atoms with E-state index in [1.807, 2.05) is 13.8 Å². The van der Waals surface area contributed by atoms with Gasteiger partial charge in [-0.25, -0.2) is 15.0 Å². The van der Waals surface area contributed by atoms with Crippen LogP contribution in [0.4, 0.5) is 0 Å². The third-order valence-electron chi connectivity index (χ3n) is 7.39. The van der Waals surface area contributed by atoms with Crippen LogP contribution in [-0.2, 0) is 22.1 Å². The van der Waals surface area contributed by atoms with Crippen LogP contribution in [0.25, 0.3) is 5.70 Å². The molecule has 0 aromatic carbocycles. The number of nitrogens with one attached hydrogen (secondary N) is 1. The molecule has 2 atom stereocenters. The molecule has 1 amide bonds. The average molecular weight is 562 g/mol. The average Bonchev–Trinajstić information content (AvgIpc) is 3.85. The number of hydrogen-bond donors (Lipinski definition) is 1. The standard InChI is InChI=1S/C29H35N7O3S/c1-16(2)24-27(34-17(3)23-25(20-9-10-20)32-15-33-28(23)39-5)36(18(4)19-7-8-19)29(37)26(35-24)31-13-21-11-12-22(14-30-21)40(6)38/h11-12,14-15,18-20H,3,7-10,13H2,1-2,4-6H3,(H,31,35)/t18-,40?/m0/s1. The van der Waals surface area contributed by atoms with E-state index in [2.05, 4.69) is 38.8 Å². The Balaban J connectivity index is 1.53. The molecule has 1 unspecified atom stereocenters. The van der Waals surface area contributed by atoms with Crippen molar-refractivity contribution in [2.24, 2.45) is 15.9 Å². The fourth-order valence-electron chi connectivity index (χ4n) is 4.78. The first-order chi connectivity index (χ1) is 19.2. The molecule has 2 aliphatic carbocycles. The molecule has 210 valence electrons. The number of aliphatic imine (C=N–C) groups is 2. The fraction of sp³-hybridized carbons (Fsp3) is 0.448. The quantitative estimate of drug-likeness (QED) is 0.491. The number of aromatic nitrogens is 3. The van der Waals surface area contributed by atoms with Crippen LogP contribution < -0.4 is 10.1 Å². The van der Waals surface area contributed by atoms with E-state index < -0.39 is 10.8 Å². The van der Waals surface area contributed by atoms with Gasteiger partial charge in [0.2, 0.25) is 5.88 Å². The highest BCUT2D eigenvalue weighted by Crippen LogP contribution is 2.44. The number of rotatable bonds is 9. The van der Waals surface area contributed by atoms with Crippen molar-refractivity contribution in [1.82, 2.24) is 25.2 Å². The third-order valence-corrected chi connectivity index (χ3v) is 8.29. The number of hydrogen-bond acceptors (Lipinski definition) is 8. The Morgan fingerprint density at radius 1 is 1.23 bits per heavy atom. The lowest BCUT2D eigenvalue weighted by atomic mass is 10.1. The molecule has 0 bridgehead atoms. The van der Waals surface area contributed by atoms with Crippen LogP contribution in [0.5, 0.6) is 5.88 Å². The molecule has 5 rings (SSSR count). The van der Waals surface area contributed by atoms with Crippen LogP contribution in [-0.4, -0.2) is 61.0 Å². The largest absolute Gasteiger partial charge is 0.480 e. The summed E-state index contributed by atoms with van der Waals surface area (Å²) in [6.45, 7) is 10.5. The van der Waals surface area contributed by atoms with Crippen molar-refractivity contribution in [1.29, 1.82) is 0 Å². The number of amidine groups is 2. The maximum absolute atomic E-state index is 14.0. The lowest BCUT2D eigenvalue weighted by Crippen LogP contribution is -2.58. The van der Waals surface area contributed by atoms with Crippen LogP contribution in [0, 0.1) is 5.92 Å². The molecule has 1 saturated heterocycles. The summed E-state index contributed by atoms with van der Waals surface area (Å²) in [6.07, 6.45) is 8.93. The number of allylic oxidation sites excluding steroid dienone is 1. The minimum absolute atomic E-state index is 0.0746. The Morgan fingerprint density at radius 2 is 1.98 bits per heavy atom. The molecule has 0 spiro atoms. The fourth-order valence-corrected chi connectivity index (χ4v) is 5.24. The molecule has 3 aliphatic rings. The summed E-state index contributed by atoms with van der Waals surface area (Å²) in [6, 6.07) is 3.48. The van der Waals surface area contributed by atoms with Crippen molar-refractivity contribution >= 4 is 34.1 Å². The van der Waals surface area contributed by atoms with Gasteiger partial charge in [0, 0.05) is 24.4 Å². The molecule has 40 heavy (non-hydrogen) atoms. The van der Waals surface area contributed by atoms with Crippen molar-refractivity contribution in [3.63, 3.8) is 0 Å². The Morgan fingerprint density at radius 3 is 2.55 bits per heavy atom. The first-order valence-corrected chi connectivity index (χ1v) is 15.0. The zero-order valence-electron chi connectivity index (χ0n) is 23.6. The molecule has 2 saturated carbocycles. The maximum Gasteiger partial charge on any atom is 0.295 e. The van der Waals surface area contributed by atoms with Gasteiger partial charge in [-0.2, -0.15) is 0 Å². The second kappa shape index (κ2) is 11.4. The Labute approximate surface area is 237 Å². The molecule has 2 aromatic rings. The van der Waals surface area contributed by atoms with Crippen LogP contribution >= 0.6 is 0 Å². The van der Waals surface area contributed by atoms with E-state index in [1.165, 1.54) is 6.33 Å². The number of amides is 1. The maximum atomic E-state index is 14.0. The van der Waals surface area contributed by atoms with Gasteiger partial charge in [-0.3, -0.25) is 23.9 Å². The topological polar surface area (TPSA) is 122 Å². The van der Waals surface area contributed by atoms with E-state index in [-0.39, 0.29) is 24.3 Å². The summed E-state index contributed by atoms with van der Waals surface area (Å²) in [5.74, 6) is 1.64. The molecule has 1 aliphatic heterocycles. The van der Waals surface area contributed by atoms with Gasteiger partial charge in [0.1, 0.15) is 6.33 Å². The number of ether oxygens (including phenoxy) is 1. The minimum atomic E-state index is -1.11. The second-order valence-electron chi connectivity index (χ2n) is 10.7. The van der Waals surface area contributed by atoms with Crippen LogP contribution in [0.3, 0.4) is 0 Å². The van der Waals surface area contributed by atoms with E-state index in [0.29, 0.717) is 51.1 Å². The first kappa shape index (κ1) is 27.8. The normalized spacial score (nSPS) is 20.9. The second-order valence-corrected chi connectivity index (χ2v) is 12.0. The third kappa shape index (κ3) is 5.74.